The van der Waals surface area contributed by atoms with E-state index in [1.165, 1.54) is 5.56 Å². The lowest BCUT2D eigenvalue weighted by molar-refractivity contribution is -0.135. The molecule has 2 atom stereocenters. The summed E-state index contributed by atoms with van der Waals surface area (Å²) in [5.74, 6) is 0.442. The second-order valence-corrected chi connectivity index (χ2v) is 7.34. The zero-order valence-corrected chi connectivity index (χ0v) is 14.6. The van der Waals surface area contributed by atoms with Crippen molar-refractivity contribution in [2.24, 2.45) is 0 Å². The van der Waals surface area contributed by atoms with Crippen LogP contribution in [0.25, 0.3) is 0 Å². The Hall–Kier alpha value is -1.43. The van der Waals surface area contributed by atoms with E-state index in [-0.39, 0.29) is 11.5 Å². The third kappa shape index (κ3) is 3.79. The maximum absolute atomic E-state index is 12.3. The minimum Gasteiger partial charge on any atom is -0.389 e. The maximum atomic E-state index is 12.3. The van der Waals surface area contributed by atoms with Crippen LogP contribution in [0.2, 0.25) is 0 Å². The van der Waals surface area contributed by atoms with Gasteiger partial charge in [0.1, 0.15) is 0 Å². The number of aliphatic hydroxyl groups is 1. The summed E-state index contributed by atoms with van der Waals surface area (Å²) < 4.78 is 5.80. The molecule has 0 radical (unpaired) electrons. The molecule has 0 unspecified atom stereocenters. The van der Waals surface area contributed by atoms with Crippen LogP contribution in [0, 0.1) is 0 Å². The number of carbonyl (C=O) groups is 1. The molecule has 2 heterocycles. The van der Waals surface area contributed by atoms with Crippen molar-refractivity contribution in [3.8, 4) is 0 Å². The first-order chi connectivity index (χ1) is 11.5. The molecule has 5 heteroatoms. The lowest BCUT2D eigenvalue weighted by Crippen LogP contribution is -2.56. The van der Waals surface area contributed by atoms with Gasteiger partial charge in [-0.05, 0) is 42.9 Å². The number of hydrogen-bond acceptors (Lipinski definition) is 4. The fraction of sp³-hybridized carbons (Fsp3) is 0.632. The van der Waals surface area contributed by atoms with Crippen LogP contribution in [-0.4, -0.2) is 53.9 Å². The minimum absolute atomic E-state index is 0.0391. The summed E-state index contributed by atoms with van der Waals surface area (Å²) in [5.41, 5.74) is 1.71. The first kappa shape index (κ1) is 17.4. The predicted octanol–water partition coefficient (Wildman–Crippen LogP) is 2.36. The zero-order valence-electron chi connectivity index (χ0n) is 14.6. The molecular weight excluding hydrogens is 304 g/mol. The lowest BCUT2D eigenvalue weighted by Gasteiger charge is -2.42. The number of β-amino-alcohol motifs (C(OH)–C–C–N with tert-alkyl or cyclic N) is 1. The average molecular weight is 332 g/mol. The number of anilines is 1. The number of ether oxygens (including phenoxy) is 1. The van der Waals surface area contributed by atoms with Crippen molar-refractivity contribution in [3.05, 3.63) is 29.8 Å². The standard InChI is InChI=1S/C19H28N2O3/c1-14(2)15-4-6-16(7-5-15)20-18(23)13-21-10-9-19(17(22)12-21)8-3-11-24-19/h4-7,14,17,22H,3,8-13H2,1-2H3,(H,20,23)/t17-,19-/m0/s1. The number of piperidine rings is 1. The summed E-state index contributed by atoms with van der Waals surface area (Å²) in [7, 11) is 0. The van der Waals surface area contributed by atoms with Gasteiger partial charge < -0.3 is 15.2 Å². The van der Waals surface area contributed by atoms with E-state index < -0.39 is 6.10 Å². The van der Waals surface area contributed by atoms with Gasteiger partial charge in [0.05, 0.1) is 18.2 Å². The van der Waals surface area contributed by atoms with Crippen LogP contribution in [0.15, 0.2) is 24.3 Å². The number of likely N-dealkylation sites (tertiary alicyclic amines) is 1. The number of hydrogen-bond donors (Lipinski definition) is 2. The van der Waals surface area contributed by atoms with Crippen LogP contribution < -0.4 is 5.32 Å². The van der Waals surface area contributed by atoms with Crippen molar-refractivity contribution in [2.45, 2.75) is 50.7 Å². The van der Waals surface area contributed by atoms with Crippen molar-refractivity contribution in [1.29, 1.82) is 0 Å². The summed E-state index contributed by atoms with van der Waals surface area (Å²) in [6.45, 7) is 6.63. The summed E-state index contributed by atoms with van der Waals surface area (Å²) in [6, 6.07) is 7.98. The van der Waals surface area contributed by atoms with Crippen molar-refractivity contribution >= 4 is 11.6 Å². The van der Waals surface area contributed by atoms with Crippen LogP contribution in [0.1, 0.15) is 44.6 Å². The normalized spacial score (nSPS) is 27.8. The molecule has 2 aliphatic heterocycles. The zero-order chi connectivity index (χ0) is 17.2. The van der Waals surface area contributed by atoms with Crippen LogP contribution in [-0.2, 0) is 9.53 Å². The van der Waals surface area contributed by atoms with Crippen LogP contribution in [0.5, 0.6) is 0 Å². The molecule has 1 aromatic carbocycles. The Labute approximate surface area is 144 Å². The molecule has 0 bridgehead atoms. The highest BCUT2D eigenvalue weighted by Gasteiger charge is 2.45. The van der Waals surface area contributed by atoms with Crippen molar-refractivity contribution < 1.29 is 14.6 Å². The molecule has 132 valence electrons. The Bertz CT molecular complexity index is 564. The van der Waals surface area contributed by atoms with E-state index in [4.69, 9.17) is 4.74 Å². The van der Waals surface area contributed by atoms with Crippen molar-refractivity contribution in [2.75, 3.05) is 31.6 Å². The molecule has 0 aromatic heterocycles. The largest absolute Gasteiger partial charge is 0.389 e. The summed E-state index contributed by atoms with van der Waals surface area (Å²) in [6.07, 6.45) is 2.23. The smallest absolute Gasteiger partial charge is 0.238 e. The summed E-state index contributed by atoms with van der Waals surface area (Å²) in [5, 5.41) is 13.4. The average Bonchev–Trinajstić information content (AvgIpc) is 3.01. The van der Waals surface area contributed by atoms with Crippen LogP contribution in [0.4, 0.5) is 5.69 Å². The van der Waals surface area contributed by atoms with Gasteiger partial charge >= 0.3 is 0 Å². The number of carbonyl (C=O) groups excluding carboxylic acids is 1. The number of nitrogens with one attached hydrogen (secondary N) is 1. The molecule has 2 saturated heterocycles. The lowest BCUT2D eigenvalue weighted by atomic mass is 9.86. The Balaban J connectivity index is 1.50. The highest BCUT2D eigenvalue weighted by Crippen LogP contribution is 2.35. The Kier molecular flexibility index (Phi) is 5.23. The first-order valence-corrected chi connectivity index (χ1v) is 8.93. The second-order valence-electron chi connectivity index (χ2n) is 7.34. The van der Waals surface area contributed by atoms with Gasteiger partial charge in [0.2, 0.25) is 5.91 Å². The molecule has 1 aromatic rings. The van der Waals surface area contributed by atoms with Gasteiger partial charge in [-0.1, -0.05) is 26.0 Å². The van der Waals surface area contributed by atoms with Gasteiger partial charge in [-0.2, -0.15) is 0 Å². The highest BCUT2D eigenvalue weighted by molar-refractivity contribution is 5.92. The van der Waals surface area contributed by atoms with Gasteiger partial charge in [-0.15, -0.1) is 0 Å². The van der Waals surface area contributed by atoms with E-state index in [1.54, 1.807) is 0 Å². The molecule has 0 aliphatic carbocycles. The third-order valence-electron chi connectivity index (χ3n) is 5.25. The molecule has 0 saturated carbocycles. The van der Waals surface area contributed by atoms with Gasteiger partial charge in [-0.3, -0.25) is 9.69 Å². The van der Waals surface area contributed by atoms with Gasteiger partial charge in [0.25, 0.3) is 0 Å². The topological polar surface area (TPSA) is 61.8 Å². The van der Waals surface area contributed by atoms with Crippen LogP contribution >= 0.6 is 0 Å². The van der Waals surface area contributed by atoms with E-state index in [9.17, 15) is 9.90 Å². The predicted molar refractivity (Wildman–Crippen MR) is 94.1 cm³/mol. The number of benzene rings is 1. The molecule has 2 N–H and O–H groups in total. The van der Waals surface area contributed by atoms with Crippen molar-refractivity contribution in [3.63, 3.8) is 0 Å². The Morgan fingerprint density at radius 1 is 1.38 bits per heavy atom. The van der Waals surface area contributed by atoms with Crippen molar-refractivity contribution in [1.82, 2.24) is 4.90 Å². The SMILES string of the molecule is CC(C)c1ccc(NC(=O)CN2CC[C@@]3(CCCO3)[C@@H](O)C2)cc1. The van der Waals surface area contributed by atoms with E-state index in [1.807, 2.05) is 29.2 Å². The van der Waals surface area contributed by atoms with E-state index in [2.05, 4.69) is 19.2 Å². The molecule has 2 fully saturated rings. The Morgan fingerprint density at radius 2 is 2.12 bits per heavy atom. The number of aliphatic hydroxyl groups excluding tert-OH is 1. The number of nitrogens with zero attached hydrogens (tertiary/aromatic N) is 1. The molecule has 24 heavy (non-hydrogen) atoms. The molecular formula is C19H28N2O3. The molecule has 5 nitrogen and oxygen atoms in total. The fourth-order valence-corrected chi connectivity index (χ4v) is 3.69. The van der Waals surface area contributed by atoms with Gasteiger partial charge in [0.15, 0.2) is 0 Å². The molecule has 1 spiro atoms. The quantitative estimate of drug-likeness (QED) is 0.888. The van der Waals surface area contributed by atoms with E-state index in [0.29, 0.717) is 19.0 Å². The van der Waals surface area contributed by atoms with E-state index >= 15 is 0 Å². The van der Waals surface area contributed by atoms with Gasteiger partial charge in [0, 0.05) is 25.4 Å². The first-order valence-electron chi connectivity index (χ1n) is 8.93. The van der Waals surface area contributed by atoms with Gasteiger partial charge in [-0.25, -0.2) is 0 Å². The van der Waals surface area contributed by atoms with Crippen LogP contribution in [0.3, 0.4) is 0 Å². The minimum atomic E-state index is -0.508. The highest BCUT2D eigenvalue weighted by atomic mass is 16.5. The third-order valence-corrected chi connectivity index (χ3v) is 5.25. The molecule has 3 rings (SSSR count). The fourth-order valence-electron chi connectivity index (χ4n) is 3.69. The summed E-state index contributed by atoms with van der Waals surface area (Å²) in [4.78, 5) is 14.3. The van der Waals surface area contributed by atoms with E-state index in [0.717, 1.165) is 38.1 Å². The molecule has 2 aliphatic rings. The monoisotopic (exact) mass is 332 g/mol. The second kappa shape index (κ2) is 7.21. The maximum Gasteiger partial charge on any atom is 0.238 e. The number of rotatable bonds is 4. The summed E-state index contributed by atoms with van der Waals surface area (Å²) >= 11 is 0. The molecule has 1 amide bonds. The Morgan fingerprint density at radius 3 is 2.71 bits per heavy atom. The number of amides is 1.